The molecule has 3 aromatic rings. The minimum absolute atomic E-state index is 0.0381. The maximum Gasteiger partial charge on any atom is 0.0780 e. The van der Waals surface area contributed by atoms with E-state index in [-0.39, 0.29) is 16.2 Å². The molecule has 0 radical (unpaired) electrons. The lowest BCUT2D eigenvalue weighted by atomic mass is 9.70. The fourth-order valence-corrected chi connectivity index (χ4v) is 8.59. The number of quaternary nitrogens is 1. The van der Waals surface area contributed by atoms with Crippen molar-refractivity contribution in [3.8, 4) is 11.1 Å². The van der Waals surface area contributed by atoms with Crippen LogP contribution in [0.2, 0.25) is 0 Å². The van der Waals surface area contributed by atoms with E-state index in [0.29, 0.717) is 12.1 Å². The Labute approximate surface area is 333 Å². The van der Waals surface area contributed by atoms with Crippen LogP contribution in [0.25, 0.3) is 29.4 Å². The summed E-state index contributed by atoms with van der Waals surface area (Å²) in [5.74, 6) is 0. The largest absolute Gasteiger partial charge is 0.331 e. The quantitative estimate of drug-likeness (QED) is 0.0674. The Morgan fingerprint density at radius 2 is 1.04 bits per heavy atom. The van der Waals surface area contributed by atoms with Gasteiger partial charge in [-0.2, -0.15) is 0 Å². The van der Waals surface area contributed by atoms with Gasteiger partial charge in [-0.25, -0.2) is 0 Å². The zero-order chi connectivity index (χ0) is 39.7. The normalized spacial score (nSPS) is 16.4. The molecule has 0 aromatic heterocycles. The van der Waals surface area contributed by atoms with Gasteiger partial charge in [-0.1, -0.05) is 159 Å². The highest BCUT2D eigenvalue weighted by Gasteiger charge is 2.42. The van der Waals surface area contributed by atoms with Crippen molar-refractivity contribution in [1.29, 1.82) is 0 Å². The Hall–Kier alpha value is -2.94. The summed E-state index contributed by atoms with van der Waals surface area (Å²) in [4.78, 5) is 2.66. The van der Waals surface area contributed by atoms with Gasteiger partial charge in [0.25, 0.3) is 0 Å². The lowest BCUT2D eigenvalue weighted by Crippen LogP contribution is -2.37. The van der Waals surface area contributed by atoms with Crippen molar-refractivity contribution in [2.45, 2.75) is 156 Å². The monoisotopic (exact) mass is 732 g/mol. The number of hydrogen-bond donors (Lipinski definition) is 0. The van der Waals surface area contributed by atoms with E-state index in [0.717, 1.165) is 4.48 Å². The van der Waals surface area contributed by atoms with Crippen LogP contribution in [0.5, 0.6) is 0 Å². The molecular weight excluding hydrogens is 653 g/mol. The molecule has 4 rings (SSSR count). The highest BCUT2D eigenvalue weighted by Crippen LogP contribution is 2.55. The van der Waals surface area contributed by atoms with E-state index in [1.807, 2.05) is 0 Å². The van der Waals surface area contributed by atoms with Gasteiger partial charge >= 0.3 is 0 Å². The van der Waals surface area contributed by atoms with Crippen LogP contribution in [0, 0.1) is 5.41 Å². The van der Waals surface area contributed by atoms with Crippen molar-refractivity contribution in [2.24, 2.45) is 5.41 Å². The van der Waals surface area contributed by atoms with Gasteiger partial charge in [-0.05, 0) is 122 Å². The van der Waals surface area contributed by atoms with Crippen LogP contribution in [-0.4, -0.2) is 55.7 Å². The fraction of sp³-hybridized carbons (Fsp3) is 0.577. The molecule has 296 valence electrons. The fourth-order valence-electron chi connectivity index (χ4n) is 8.59. The van der Waals surface area contributed by atoms with E-state index in [1.165, 1.54) is 111 Å². The van der Waals surface area contributed by atoms with Crippen molar-refractivity contribution < 1.29 is 4.48 Å². The first-order valence-corrected chi connectivity index (χ1v) is 21.6. The third kappa shape index (κ3) is 12.5. The van der Waals surface area contributed by atoms with Crippen molar-refractivity contribution in [1.82, 2.24) is 4.90 Å². The number of fused-ring (bicyclic) bond motifs is 3. The smallest absolute Gasteiger partial charge is 0.0780 e. The Morgan fingerprint density at radius 3 is 1.52 bits per heavy atom. The van der Waals surface area contributed by atoms with Crippen molar-refractivity contribution in [3.63, 3.8) is 0 Å². The predicted octanol–water partition coefficient (Wildman–Crippen LogP) is 14.2. The second-order valence-corrected chi connectivity index (χ2v) is 20.4. The molecule has 3 aromatic carbocycles. The summed E-state index contributed by atoms with van der Waals surface area (Å²) >= 11 is 0. The Kier molecular flexibility index (Phi) is 15.2. The third-order valence-corrected chi connectivity index (χ3v) is 11.7. The van der Waals surface area contributed by atoms with Crippen LogP contribution < -0.4 is 0 Å². The molecule has 0 spiro atoms. The third-order valence-electron chi connectivity index (χ3n) is 11.7. The predicted molar refractivity (Wildman–Crippen MR) is 241 cm³/mol. The Balaban J connectivity index is 1.69. The highest BCUT2D eigenvalue weighted by atomic mass is 15.3. The SMILES string of the molecule is CC(C)N(CCCCCCC1(CCCCCC[N+](C)(C)C)c2cc(C=Cc3ccc(C(C)(C)C)cc3)ccc2-c2ccc(C=CC(C)(C)C)cc21)C(C)C. The second kappa shape index (κ2) is 18.8. The standard InChI is InChI=1S/C52H79N2/c1-40(2)53(41(3)4)36-20-16-14-18-33-52(34-19-15-17-21-37-54(11,12)13)48-38-43(23-22-42-24-28-45(29-25-42)51(8,9)10)26-30-46(48)47-31-27-44(39-49(47)52)32-35-50(5,6)7/h22-32,35,38-41H,14-21,33-34,36-37H2,1-13H3/q+1. The van der Waals surface area contributed by atoms with Gasteiger partial charge in [0.05, 0.1) is 27.7 Å². The molecule has 1 unspecified atom stereocenters. The van der Waals surface area contributed by atoms with Gasteiger partial charge in [0, 0.05) is 17.5 Å². The lowest BCUT2D eigenvalue weighted by Gasteiger charge is -2.33. The molecule has 0 aliphatic heterocycles. The molecule has 0 saturated carbocycles. The van der Waals surface area contributed by atoms with Crippen LogP contribution in [0.15, 0.2) is 66.7 Å². The lowest BCUT2D eigenvalue weighted by molar-refractivity contribution is -0.870. The van der Waals surface area contributed by atoms with Crippen LogP contribution in [0.3, 0.4) is 0 Å². The van der Waals surface area contributed by atoms with Crippen LogP contribution in [-0.2, 0) is 10.8 Å². The summed E-state index contributed by atoms with van der Waals surface area (Å²) < 4.78 is 1.05. The minimum atomic E-state index is 0.0381. The summed E-state index contributed by atoms with van der Waals surface area (Å²) in [6, 6.07) is 25.1. The minimum Gasteiger partial charge on any atom is -0.331 e. The second-order valence-electron chi connectivity index (χ2n) is 20.4. The van der Waals surface area contributed by atoms with E-state index in [9.17, 15) is 0 Å². The molecule has 0 fully saturated rings. The first kappa shape index (κ1) is 43.8. The summed E-state index contributed by atoms with van der Waals surface area (Å²) in [7, 11) is 6.97. The molecule has 54 heavy (non-hydrogen) atoms. The topological polar surface area (TPSA) is 3.24 Å². The molecule has 1 aliphatic rings. The highest BCUT2D eigenvalue weighted by molar-refractivity contribution is 5.84. The molecule has 2 heteroatoms. The molecule has 0 heterocycles. The summed E-state index contributed by atoms with van der Waals surface area (Å²) in [6.07, 6.45) is 22.2. The number of unbranched alkanes of at least 4 members (excludes halogenated alkanes) is 6. The molecule has 0 N–H and O–H groups in total. The van der Waals surface area contributed by atoms with Crippen LogP contribution in [0.4, 0.5) is 0 Å². The van der Waals surface area contributed by atoms with Crippen LogP contribution in [0.1, 0.15) is 167 Å². The van der Waals surface area contributed by atoms with Crippen molar-refractivity contribution in [3.05, 3.63) is 100 Å². The molecule has 0 amide bonds. The molecule has 0 bridgehead atoms. The molecule has 2 nitrogen and oxygen atoms in total. The van der Waals surface area contributed by atoms with E-state index in [1.54, 1.807) is 11.1 Å². The van der Waals surface area contributed by atoms with Gasteiger partial charge in [-0.3, -0.25) is 4.90 Å². The molecule has 1 atom stereocenters. The number of nitrogens with zero attached hydrogens (tertiary/aromatic N) is 2. The van der Waals surface area contributed by atoms with Gasteiger partial charge < -0.3 is 4.48 Å². The molecule has 0 saturated heterocycles. The molecular formula is C52H79N2+. The zero-order valence-electron chi connectivity index (χ0n) is 37.1. The van der Waals surface area contributed by atoms with E-state index < -0.39 is 0 Å². The summed E-state index contributed by atoms with van der Waals surface area (Å²) in [6.45, 7) is 25.6. The maximum absolute atomic E-state index is 2.66. The summed E-state index contributed by atoms with van der Waals surface area (Å²) in [5, 5.41) is 0. The van der Waals surface area contributed by atoms with Crippen LogP contribution >= 0.6 is 0 Å². The van der Waals surface area contributed by atoms with E-state index in [4.69, 9.17) is 0 Å². The first-order valence-electron chi connectivity index (χ1n) is 21.6. The van der Waals surface area contributed by atoms with Crippen molar-refractivity contribution >= 4 is 18.2 Å². The molecule has 1 aliphatic carbocycles. The van der Waals surface area contributed by atoms with E-state index >= 15 is 0 Å². The van der Waals surface area contributed by atoms with E-state index in [2.05, 4.69) is 180 Å². The Morgan fingerprint density at radius 1 is 0.574 bits per heavy atom. The van der Waals surface area contributed by atoms with Gasteiger partial charge in [0.1, 0.15) is 0 Å². The first-order chi connectivity index (χ1) is 25.3. The van der Waals surface area contributed by atoms with Gasteiger partial charge in [0.15, 0.2) is 0 Å². The number of rotatable bonds is 19. The Bertz CT molecular complexity index is 1660. The summed E-state index contributed by atoms with van der Waals surface area (Å²) in [5.41, 5.74) is 11.7. The average molecular weight is 732 g/mol. The zero-order valence-corrected chi connectivity index (χ0v) is 37.1. The number of benzene rings is 3. The maximum atomic E-state index is 2.66. The average Bonchev–Trinajstić information content (AvgIpc) is 3.34. The number of hydrogen-bond acceptors (Lipinski definition) is 1. The van der Waals surface area contributed by atoms with Crippen molar-refractivity contribution in [2.75, 3.05) is 34.2 Å². The van der Waals surface area contributed by atoms with Gasteiger partial charge in [0.2, 0.25) is 0 Å². The van der Waals surface area contributed by atoms with Gasteiger partial charge in [-0.15, -0.1) is 0 Å². The number of allylic oxidation sites excluding steroid dienone is 1.